The Labute approximate surface area is 165 Å². The SMILES string of the molecule is O=C(Nc1ccc(F)cc1F)c1ccc(NS(=O)(=O)c2ccccc2)c(Cl)c1. The molecule has 3 rings (SSSR count). The molecule has 28 heavy (non-hydrogen) atoms. The molecule has 0 spiro atoms. The first-order chi connectivity index (χ1) is 13.3. The minimum atomic E-state index is -3.85. The Morgan fingerprint density at radius 1 is 0.893 bits per heavy atom. The van der Waals surface area contributed by atoms with Crippen molar-refractivity contribution >= 4 is 38.9 Å². The average molecular weight is 423 g/mol. The maximum absolute atomic E-state index is 13.7. The van der Waals surface area contributed by atoms with E-state index < -0.39 is 27.6 Å². The zero-order valence-corrected chi connectivity index (χ0v) is 15.7. The summed E-state index contributed by atoms with van der Waals surface area (Å²) in [5.41, 5.74) is -0.0530. The molecule has 3 aromatic carbocycles. The maximum Gasteiger partial charge on any atom is 0.261 e. The fourth-order valence-corrected chi connectivity index (χ4v) is 3.71. The van der Waals surface area contributed by atoms with E-state index in [9.17, 15) is 22.0 Å². The number of hydrogen-bond donors (Lipinski definition) is 2. The Morgan fingerprint density at radius 2 is 1.57 bits per heavy atom. The Kier molecular flexibility index (Phi) is 5.62. The van der Waals surface area contributed by atoms with Crippen molar-refractivity contribution in [2.24, 2.45) is 0 Å². The van der Waals surface area contributed by atoms with Crippen LogP contribution in [0, 0.1) is 11.6 Å². The highest BCUT2D eigenvalue weighted by atomic mass is 35.5. The van der Waals surface area contributed by atoms with Crippen LogP contribution in [-0.2, 0) is 10.0 Å². The third kappa shape index (κ3) is 4.47. The van der Waals surface area contributed by atoms with Crippen molar-refractivity contribution in [1.82, 2.24) is 0 Å². The Hall–Kier alpha value is -2.97. The largest absolute Gasteiger partial charge is 0.319 e. The topological polar surface area (TPSA) is 75.3 Å². The van der Waals surface area contributed by atoms with Gasteiger partial charge in [-0.15, -0.1) is 0 Å². The number of carbonyl (C=O) groups excluding carboxylic acids is 1. The second-order valence-corrected chi connectivity index (χ2v) is 7.78. The second kappa shape index (κ2) is 7.95. The molecule has 0 fully saturated rings. The van der Waals surface area contributed by atoms with E-state index in [0.717, 1.165) is 12.1 Å². The summed E-state index contributed by atoms with van der Waals surface area (Å²) in [7, 11) is -3.85. The molecule has 0 unspecified atom stereocenters. The summed E-state index contributed by atoms with van der Waals surface area (Å²) < 4.78 is 53.7. The van der Waals surface area contributed by atoms with Gasteiger partial charge >= 0.3 is 0 Å². The minimum Gasteiger partial charge on any atom is -0.319 e. The second-order valence-electron chi connectivity index (χ2n) is 5.69. The molecule has 0 aromatic heterocycles. The number of amides is 1. The van der Waals surface area contributed by atoms with E-state index in [-0.39, 0.29) is 26.9 Å². The van der Waals surface area contributed by atoms with Gasteiger partial charge in [-0.25, -0.2) is 17.2 Å². The summed E-state index contributed by atoms with van der Waals surface area (Å²) in [5.74, 6) is -2.38. The summed E-state index contributed by atoms with van der Waals surface area (Å²) in [6, 6.07) is 14.3. The summed E-state index contributed by atoms with van der Waals surface area (Å²) >= 11 is 6.09. The highest BCUT2D eigenvalue weighted by molar-refractivity contribution is 7.92. The first kappa shape index (κ1) is 19.8. The van der Waals surface area contributed by atoms with Crippen molar-refractivity contribution in [3.05, 3.63) is 89.0 Å². The normalized spacial score (nSPS) is 11.1. The molecular weight excluding hydrogens is 410 g/mol. The van der Waals surface area contributed by atoms with Crippen molar-refractivity contribution in [3.8, 4) is 0 Å². The van der Waals surface area contributed by atoms with Crippen LogP contribution >= 0.6 is 11.6 Å². The number of rotatable bonds is 5. The van der Waals surface area contributed by atoms with Gasteiger partial charge in [0.25, 0.3) is 15.9 Å². The van der Waals surface area contributed by atoms with Gasteiger partial charge in [0.1, 0.15) is 11.6 Å². The van der Waals surface area contributed by atoms with Crippen LogP contribution in [0.4, 0.5) is 20.2 Å². The summed E-state index contributed by atoms with van der Waals surface area (Å²) in [6.45, 7) is 0. The minimum absolute atomic E-state index is 0.0215. The molecule has 0 aliphatic heterocycles. The molecule has 0 bridgehead atoms. The lowest BCUT2D eigenvalue weighted by Crippen LogP contribution is -2.15. The molecule has 1 amide bonds. The summed E-state index contributed by atoms with van der Waals surface area (Å²) in [6.07, 6.45) is 0. The lowest BCUT2D eigenvalue weighted by molar-refractivity contribution is 0.102. The molecule has 0 heterocycles. The number of benzene rings is 3. The molecule has 0 saturated carbocycles. The number of sulfonamides is 1. The number of halogens is 3. The predicted molar refractivity (Wildman–Crippen MR) is 103 cm³/mol. The first-order valence-corrected chi connectivity index (χ1v) is 9.76. The fraction of sp³-hybridized carbons (Fsp3) is 0. The standard InChI is InChI=1S/C19H13ClF2N2O3S/c20-15-10-12(19(25)23-18-9-7-13(21)11-16(18)22)6-8-17(15)24-28(26,27)14-4-2-1-3-5-14/h1-11,24H,(H,23,25). The van der Waals surface area contributed by atoms with Gasteiger partial charge in [0, 0.05) is 11.6 Å². The van der Waals surface area contributed by atoms with Crippen molar-refractivity contribution in [3.63, 3.8) is 0 Å². The van der Waals surface area contributed by atoms with Crippen LogP contribution in [0.5, 0.6) is 0 Å². The predicted octanol–water partition coefficient (Wildman–Crippen LogP) is 4.67. The van der Waals surface area contributed by atoms with Crippen LogP contribution in [0.1, 0.15) is 10.4 Å². The average Bonchev–Trinajstić information content (AvgIpc) is 2.66. The lowest BCUT2D eigenvalue weighted by Gasteiger charge is -2.11. The molecule has 0 radical (unpaired) electrons. The molecule has 0 aliphatic carbocycles. The Balaban J connectivity index is 1.79. The quantitative estimate of drug-likeness (QED) is 0.627. The van der Waals surface area contributed by atoms with Crippen molar-refractivity contribution in [2.75, 3.05) is 10.0 Å². The van der Waals surface area contributed by atoms with Crippen LogP contribution in [0.2, 0.25) is 5.02 Å². The van der Waals surface area contributed by atoms with E-state index in [1.165, 1.54) is 30.3 Å². The van der Waals surface area contributed by atoms with Gasteiger partial charge < -0.3 is 5.32 Å². The molecule has 0 aliphatic rings. The third-order valence-corrected chi connectivity index (χ3v) is 5.40. The van der Waals surface area contributed by atoms with Crippen LogP contribution in [-0.4, -0.2) is 14.3 Å². The zero-order chi connectivity index (χ0) is 20.3. The summed E-state index contributed by atoms with van der Waals surface area (Å²) in [4.78, 5) is 12.3. The number of hydrogen-bond acceptors (Lipinski definition) is 3. The zero-order valence-electron chi connectivity index (χ0n) is 14.1. The monoisotopic (exact) mass is 422 g/mol. The van der Waals surface area contributed by atoms with Crippen LogP contribution in [0.25, 0.3) is 0 Å². The van der Waals surface area contributed by atoms with Gasteiger partial charge in [0.15, 0.2) is 0 Å². The van der Waals surface area contributed by atoms with Crippen LogP contribution in [0.3, 0.4) is 0 Å². The number of carbonyl (C=O) groups is 1. The number of nitrogens with one attached hydrogen (secondary N) is 2. The van der Waals surface area contributed by atoms with E-state index in [0.29, 0.717) is 6.07 Å². The molecule has 3 aromatic rings. The van der Waals surface area contributed by atoms with E-state index in [1.807, 2.05) is 0 Å². The molecular formula is C19H13ClF2N2O3S. The third-order valence-electron chi connectivity index (χ3n) is 3.71. The van der Waals surface area contributed by atoms with Gasteiger partial charge in [-0.1, -0.05) is 29.8 Å². The fourth-order valence-electron chi connectivity index (χ4n) is 2.33. The highest BCUT2D eigenvalue weighted by Crippen LogP contribution is 2.26. The lowest BCUT2D eigenvalue weighted by atomic mass is 10.2. The smallest absolute Gasteiger partial charge is 0.261 e. The first-order valence-electron chi connectivity index (χ1n) is 7.90. The van der Waals surface area contributed by atoms with Crippen molar-refractivity contribution in [2.45, 2.75) is 4.90 Å². The van der Waals surface area contributed by atoms with Crippen molar-refractivity contribution in [1.29, 1.82) is 0 Å². The molecule has 0 atom stereocenters. The Bertz CT molecular complexity index is 1140. The van der Waals surface area contributed by atoms with Crippen LogP contribution < -0.4 is 10.0 Å². The molecule has 2 N–H and O–H groups in total. The molecule has 0 saturated heterocycles. The van der Waals surface area contributed by atoms with Crippen LogP contribution in [0.15, 0.2) is 71.6 Å². The van der Waals surface area contributed by atoms with E-state index >= 15 is 0 Å². The van der Waals surface area contributed by atoms with E-state index in [1.54, 1.807) is 18.2 Å². The van der Waals surface area contributed by atoms with Gasteiger partial charge in [-0.3, -0.25) is 9.52 Å². The maximum atomic E-state index is 13.7. The van der Waals surface area contributed by atoms with Gasteiger partial charge in [0.05, 0.1) is 21.3 Å². The molecule has 9 heteroatoms. The van der Waals surface area contributed by atoms with E-state index in [2.05, 4.69) is 10.0 Å². The van der Waals surface area contributed by atoms with E-state index in [4.69, 9.17) is 11.6 Å². The highest BCUT2D eigenvalue weighted by Gasteiger charge is 2.17. The molecule has 5 nitrogen and oxygen atoms in total. The molecule has 144 valence electrons. The summed E-state index contributed by atoms with van der Waals surface area (Å²) in [5, 5.41) is 2.28. The van der Waals surface area contributed by atoms with Gasteiger partial charge in [-0.2, -0.15) is 0 Å². The number of anilines is 2. The van der Waals surface area contributed by atoms with Gasteiger partial charge in [-0.05, 0) is 42.5 Å². The Morgan fingerprint density at radius 3 is 2.21 bits per heavy atom. The van der Waals surface area contributed by atoms with Gasteiger partial charge in [0.2, 0.25) is 0 Å². The van der Waals surface area contributed by atoms with Crippen molar-refractivity contribution < 1.29 is 22.0 Å².